The molecule has 1 aliphatic heterocycles. The van der Waals surface area contributed by atoms with Crippen molar-refractivity contribution < 1.29 is 0 Å². The van der Waals surface area contributed by atoms with Gasteiger partial charge in [-0.2, -0.15) is 16.9 Å². The summed E-state index contributed by atoms with van der Waals surface area (Å²) in [4.78, 5) is 2.53. The zero-order valence-electron chi connectivity index (χ0n) is 12.4. The lowest BCUT2D eigenvalue weighted by molar-refractivity contribution is 0.191. The normalized spacial score (nSPS) is 19.8. The zero-order chi connectivity index (χ0) is 13.9. The van der Waals surface area contributed by atoms with Crippen molar-refractivity contribution in [2.24, 2.45) is 12.8 Å². The Kier molecular flexibility index (Phi) is 4.92. The molecule has 0 aromatic carbocycles. The quantitative estimate of drug-likeness (QED) is 0.892. The first-order chi connectivity index (χ1) is 9.12. The molecule has 5 heteroatoms. The van der Waals surface area contributed by atoms with Crippen molar-refractivity contribution >= 4 is 11.8 Å². The van der Waals surface area contributed by atoms with Crippen LogP contribution in [0, 0.1) is 0 Å². The molecule has 0 radical (unpaired) electrons. The number of likely N-dealkylation sites (tertiary alicyclic amines) is 1. The lowest BCUT2D eigenvalue weighted by atomic mass is 9.95. The number of aromatic nitrogens is 2. The van der Waals surface area contributed by atoms with Crippen LogP contribution in [0.1, 0.15) is 31.2 Å². The summed E-state index contributed by atoms with van der Waals surface area (Å²) in [7, 11) is 2.05. The Balaban J connectivity index is 1.93. The molecule has 1 fully saturated rings. The van der Waals surface area contributed by atoms with Crippen molar-refractivity contribution in [1.29, 1.82) is 0 Å². The average molecular weight is 282 g/mol. The lowest BCUT2D eigenvalue weighted by Crippen LogP contribution is -2.46. The minimum Gasteiger partial charge on any atom is -0.329 e. The van der Waals surface area contributed by atoms with Crippen molar-refractivity contribution in [1.82, 2.24) is 14.7 Å². The van der Waals surface area contributed by atoms with Gasteiger partial charge in [0.1, 0.15) is 0 Å². The highest BCUT2D eigenvalue weighted by molar-refractivity contribution is 8.00. The summed E-state index contributed by atoms with van der Waals surface area (Å²) < 4.78 is 2.34. The van der Waals surface area contributed by atoms with Gasteiger partial charge in [-0.25, -0.2) is 0 Å². The monoisotopic (exact) mass is 282 g/mol. The molecule has 0 aliphatic carbocycles. The predicted molar refractivity (Wildman–Crippen MR) is 82.4 cm³/mol. The number of thioether (sulfide) groups is 1. The third kappa shape index (κ3) is 3.33. The summed E-state index contributed by atoms with van der Waals surface area (Å²) in [6.45, 7) is 6.25. The molecule has 2 heterocycles. The molecular formula is C14H26N4S. The number of piperidine rings is 1. The fourth-order valence-corrected chi connectivity index (χ4v) is 3.49. The van der Waals surface area contributed by atoms with E-state index in [-0.39, 0.29) is 0 Å². The molecule has 2 rings (SSSR count). The fourth-order valence-electron chi connectivity index (χ4n) is 2.73. The molecule has 1 saturated heterocycles. The van der Waals surface area contributed by atoms with E-state index < -0.39 is 0 Å². The second-order valence-electron chi connectivity index (χ2n) is 5.47. The maximum Gasteiger partial charge on any atom is 0.0625 e. The Morgan fingerprint density at radius 3 is 2.58 bits per heavy atom. The summed E-state index contributed by atoms with van der Waals surface area (Å²) >= 11 is 1.94. The van der Waals surface area contributed by atoms with Crippen LogP contribution in [0.15, 0.2) is 6.07 Å². The molecular weight excluding hydrogens is 256 g/mol. The summed E-state index contributed by atoms with van der Waals surface area (Å²) in [6.07, 6.45) is 5.60. The van der Waals surface area contributed by atoms with Crippen LogP contribution in [0.2, 0.25) is 0 Å². The molecule has 0 atom stereocenters. The Morgan fingerprint density at radius 1 is 1.42 bits per heavy atom. The average Bonchev–Trinajstić information content (AvgIpc) is 2.81. The molecule has 0 unspecified atom stereocenters. The van der Waals surface area contributed by atoms with Crippen LogP contribution in [-0.4, -0.2) is 45.3 Å². The van der Waals surface area contributed by atoms with Crippen LogP contribution in [0.3, 0.4) is 0 Å². The van der Waals surface area contributed by atoms with E-state index in [1.807, 2.05) is 23.5 Å². The Hall–Kier alpha value is -0.520. The molecule has 0 spiro atoms. The van der Waals surface area contributed by atoms with Crippen LogP contribution >= 0.6 is 11.8 Å². The van der Waals surface area contributed by atoms with Crippen molar-refractivity contribution in [2.45, 2.75) is 37.5 Å². The molecule has 1 aromatic heterocycles. The number of nitrogens with two attached hydrogens (primary N) is 1. The highest BCUT2D eigenvalue weighted by Gasteiger charge is 2.32. The third-order valence-corrected chi connectivity index (χ3v) is 5.79. The molecule has 4 nitrogen and oxygen atoms in total. The van der Waals surface area contributed by atoms with Gasteiger partial charge in [-0.05, 0) is 44.7 Å². The van der Waals surface area contributed by atoms with Crippen LogP contribution < -0.4 is 5.73 Å². The van der Waals surface area contributed by atoms with E-state index in [0.29, 0.717) is 4.75 Å². The van der Waals surface area contributed by atoms with E-state index in [9.17, 15) is 0 Å². The van der Waals surface area contributed by atoms with E-state index in [2.05, 4.69) is 29.2 Å². The summed E-state index contributed by atoms with van der Waals surface area (Å²) in [5.74, 6) is 0. The van der Waals surface area contributed by atoms with Gasteiger partial charge in [0, 0.05) is 24.9 Å². The minimum atomic E-state index is 0.317. The second-order valence-corrected chi connectivity index (χ2v) is 6.75. The first-order valence-corrected chi connectivity index (χ1v) is 8.34. The van der Waals surface area contributed by atoms with Crippen molar-refractivity contribution in [3.05, 3.63) is 17.5 Å². The van der Waals surface area contributed by atoms with E-state index in [1.54, 1.807) is 0 Å². The van der Waals surface area contributed by atoms with Gasteiger partial charge in [-0.1, -0.05) is 6.92 Å². The van der Waals surface area contributed by atoms with Crippen molar-refractivity contribution in [3.8, 4) is 0 Å². The van der Waals surface area contributed by atoms with Gasteiger partial charge in [0.25, 0.3) is 0 Å². The first-order valence-electron chi connectivity index (χ1n) is 7.12. The Bertz CT molecular complexity index is 402. The van der Waals surface area contributed by atoms with E-state index in [4.69, 9.17) is 5.73 Å². The van der Waals surface area contributed by atoms with Gasteiger partial charge in [0.05, 0.1) is 11.4 Å². The van der Waals surface area contributed by atoms with Crippen LogP contribution in [-0.2, 0) is 20.0 Å². The van der Waals surface area contributed by atoms with Crippen molar-refractivity contribution in [2.75, 3.05) is 25.9 Å². The van der Waals surface area contributed by atoms with Crippen LogP contribution in [0.25, 0.3) is 0 Å². The molecule has 2 N–H and O–H groups in total. The molecule has 0 amide bonds. The standard InChI is InChI=1S/C14H26N4S/c1-4-12-9-13(17(2)16-12)10-18-7-5-14(11-15,19-3)6-8-18/h9H,4-8,10-11,15H2,1-3H3. The van der Waals surface area contributed by atoms with Crippen LogP contribution in [0.4, 0.5) is 0 Å². The molecule has 1 aliphatic rings. The molecule has 0 saturated carbocycles. The maximum absolute atomic E-state index is 5.94. The molecule has 19 heavy (non-hydrogen) atoms. The third-order valence-electron chi connectivity index (χ3n) is 4.35. The highest BCUT2D eigenvalue weighted by Crippen LogP contribution is 2.33. The predicted octanol–water partition coefficient (Wildman–Crippen LogP) is 1.64. The Morgan fingerprint density at radius 2 is 2.11 bits per heavy atom. The topological polar surface area (TPSA) is 47.1 Å². The highest BCUT2D eigenvalue weighted by atomic mass is 32.2. The smallest absolute Gasteiger partial charge is 0.0625 e. The zero-order valence-corrected chi connectivity index (χ0v) is 13.2. The van der Waals surface area contributed by atoms with Crippen LogP contribution in [0.5, 0.6) is 0 Å². The number of hydrogen-bond acceptors (Lipinski definition) is 4. The van der Waals surface area contributed by atoms with Gasteiger partial charge in [0.2, 0.25) is 0 Å². The maximum atomic E-state index is 5.94. The largest absolute Gasteiger partial charge is 0.329 e. The fraction of sp³-hybridized carbons (Fsp3) is 0.786. The van der Waals surface area contributed by atoms with Gasteiger partial charge in [-0.3, -0.25) is 9.58 Å². The number of hydrogen-bond donors (Lipinski definition) is 1. The molecule has 0 bridgehead atoms. The van der Waals surface area contributed by atoms with Crippen molar-refractivity contribution in [3.63, 3.8) is 0 Å². The van der Waals surface area contributed by atoms with E-state index in [0.717, 1.165) is 32.6 Å². The second kappa shape index (κ2) is 6.29. The number of nitrogens with zero attached hydrogens (tertiary/aromatic N) is 3. The Labute approximate surface area is 120 Å². The SMILES string of the molecule is CCc1cc(CN2CCC(CN)(SC)CC2)n(C)n1. The molecule has 1 aromatic rings. The van der Waals surface area contributed by atoms with Gasteiger partial charge in [0.15, 0.2) is 0 Å². The summed E-state index contributed by atoms with van der Waals surface area (Å²) in [6, 6.07) is 2.24. The van der Waals surface area contributed by atoms with Gasteiger partial charge >= 0.3 is 0 Å². The first kappa shape index (κ1) is 14.9. The van der Waals surface area contributed by atoms with E-state index >= 15 is 0 Å². The molecule has 108 valence electrons. The summed E-state index contributed by atoms with van der Waals surface area (Å²) in [5.41, 5.74) is 8.45. The summed E-state index contributed by atoms with van der Waals surface area (Å²) in [5, 5.41) is 4.52. The van der Waals surface area contributed by atoms with E-state index in [1.165, 1.54) is 24.2 Å². The number of rotatable bonds is 5. The number of aryl methyl sites for hydroxylation is 2. The lowest BCUT2D eigenvalue weighted by Gasteiger charge is -2.40. The van der Waals surface area contributed by atoms with Gasteiger partial charge < -0.3 is 5.73 Å². The minimum absolute atomic E-state index is 0.317. The van der Waals surface area contributed by atoms with Gasteiger partial charge in [-0.15, -0.1) is 0 Å².